The van der Waals surface area contributed by atoms with Gasteiger partial charge in [0.15, 0.2) is 9.84 Å². The molecule has 230 valence electrons. The maximum atomic E-state index is 15.2. The fourth-order valence-electron chi connectivity index (χ4n) is 4.28. The second kappa shape index (κ2) is 13.2. The summed E-state index contributed by atoms with van der Waals surface area (Å²) in [5, 5.41) is 9.16. The Hall–Kier alpha value is -2.87. The fourth-order valence-corrected chi connectivity index (χ4v) is 5.57. The number of aliphatic hydroxyl groups excluding tert-OH is 1. The molecule has 0 saturated carbocycles. The van der Waals surface area contributed by atoms with Crippen LogP contribution in [0.2, 0.25) is 5.02 Å². The minimum Gasteiger partial charge on any atom is -0.493 e. The Morgan fingerprint density at radius 3 is 2.24 bits per heavy atom. The van der Waals surface area contributed by atoms with Crippen molar-refractivity contribution in [2.24, 2.45) is 0 Å². The van der Waals surface area contributed by atoms with Gasteiger partial charge in [0.05, 0.1) is 34.7 Å². The Morgan fingerprint density at radius 1 is 1.02 bits per heavy atom. The predicted octanol–water partition coefficient (Wildman–Crippen LogP) is 7.16. The van der Waals surface area contributed by atoms with Crippen LogP contribution in [0.1, 0.15) is 41.7 Å². The molecule has 0 saturated heterocycles. The number of benzene rings is 3. The molecule has 3 aromatic rings. The first-order chi connectivity index (χ1) is 19.4. The first kappa shape index (κ1) is 33.6. The van der Waals surface area contributed by atoms with E-state index in [1.807, 2.05) is 0 Å². The number of hydrogen-bond acceptors (Lipinski definition) is 5. The van der Waals surface area contributed by atoms with Crippen molar-refractivity contribution in [2.75, 3.05) is 26.0 Å². The number of sulfone groups is 1. The SMILES string of the molecule is CC(O)c1c(F)cc(OCCCN(Cc2cccc(C(F)(F)F)c2Cl)CC(F)(F)c2ccc(F)cc2)cc1S(C)(=O)=O. The van der Waals surface area contributed by atoms with E-state index in [9.17, 15) is 35.5 Å². The van der Waals surface area contributed by atoms with Gasteiger partial charge in [0.25, 0.3) is 5.92 Å². The van der Waals surface area contributed by atoms with E-state index in [0.717, 1.165) is 59.7 Å². The van der Waals surface area contributed by atoms with E-state index < -0.39 is 79.4 Å². The zero-order chi connectivity index (χ0) is 31.5. The van der Waals surface area contributed by atoms with Crippen LogP contribution in [0.5, 0.6) is 5.75 Å². The summed E-state index contributed by atoms with van der Waals surface area (Å²) in [7, 11) is -3.96. The van der Waals surface area contributed by atoms with Crippen molar-refractivity contribution in [3.8, 4) is 5.75 Å². The van der Waals surface area contributed by atoms with Crippen molar-refractivity contribution >= 4 is 21.4 Å². The highest BCUT2D eigenvalue weighted by atomic mass is 35.5. The lowest BCUT2D eigenvalue weighted by atomic mass is 10.1. The summed E-state index contributed by atoms with van der Waals surface area (Å²) in [6.45, 7) is -0.556. The Kier molecular flexibility index (Phi) is 10.6. The number of ether oxygens (including phenoxy) is 1. The van der Waals surface area contributed by atoms with Crippen molar-refractivity contribution in [1.29, 1.82) is 0 Å². The van der Waals surface area contributed by atoms with Gasteiger partial charge < -0.3 is 9.84 Å². The monoisotopic (exact) mass is 641 g/mol. The van der Waals surface area contributed by atoms with Crippen LogP contribution in [0, 0.1) is 11.6 Å². The van der Waals surface area contributed by atoms with Crippen LogP contribution in [0.25, 0.3) is 0 Å². The van der Waals surface area contributed by atoms with E-state index in [4.69, 9.17) is 16.3 Å². The van der Waals surface area contributed by atoms with Gasteiger partial charge >= 0.3 is 6.18 Å². The fraction of sp³-hybridized carbons (Fsp3) is 0.357. The van der Waals surface area contributed by atoms with Gasteiger partial charge in [-0.05, 0) is 43.2 Å². The van der Waals surface area contributed by atoms with Crippen molar-refractivity contribution in [1.82, 2.24) is 4.90 Å². The molecule has 0 aliphatic rings. The van der Waals surface area contributed by atoms with E-state index in [-0.39, 0.29) is 30.9 Å². The minimum atomic E-state index is -4.77. The van der Waals surface area contributed by atoms with Gasteiger partial charge in [-0.25, -0.2) is 17.2 Å². The quantitative estimate of drug-likeness (QED) is 0.168. The van der Waals surface area contributed by atoms with Crippen LogP contribution in [-0.4, -0.2) is 44.4 Å². The smallest absolute Gasteiger partial charge is 0.417 e. The predicted molar refractivity (Wildman–Crippen MR) is 142 cm³/mol. The molecule has 0 spiro atoms. The molecule has 14 heteroatoms. The lowest BCUT2D eigenvalue weighted by Gasteiger charge is -2.28. The summed E-state index contributed by atoms with van der Waals surface area (Å²) >= 11 is 5.98. The molecule has 0 radical (unpaired) electrons. The molecule has 1 unspecified atom stereocenters. The molecular weight excluding hydrogens is 615 g/mol. The van der Waals surface area contributed by atoms with Gasteiger partial charge in [-0.15, -0.1) is 0 Å². The van der Waals surface area contributed by atoms with Crippen molar-refractivity contribution in [2.45, 2.75) is 43.0 Å². The van der Waals surface area contributed by atoms with E-state index >= 15 is 8.78 Å². The van der Waals surface area contributed by atoms with Crippen LogP contribution in [0.3, 0.4) is 0 Å². The highest BCUT2D eigenvalue weighted by molar-refractivity contribution is 7.90. The van der Waals surface area contributed by atoms with Crippen molar-refractivity contribution in [3.63, 3.8) is 0 Å². The van der Waals surface area contributed by atoms with E-state index in [0.29, 0.717) is 0 Å². The van der Waals surface area contributed by atoms with Crippen LogP contribution < -0.4 is 4.74 Å². The number of rotatable bonds is 12. The van der Waals surface area contributed by atoms with Gasteiger partial charge in [-0.2, -0.15) is 22.0 Å². The molecule has 42 heavy (non-hydrogen) atoms. The summed E-state index contributed by atoms with van der Waals surface area (Å²) in [5.74, 6) is -5.48. The highest BCUT2D eigenvalue weighted by Crippen LogP contribution is 2.37. The lowest BCUT2D eigenvalue weighted by molar-refractivity contribution is -0.137. The van der Waals surface area contributed by atoms with Crippen LogP contribution in [-0.2, 0) is 28.5 Å². The lowest BCUT2D eigenvalue weighted by Crippen LogP contribution is -2.36. The van der Waals surface area contributed by atoms with E-state index in [1.165, 1.54) is 13.0 Å². The van der Waals surface area contributed by atoms with Crippen LogP contribution in [0.15, 0.2) is 59.5 Å². The zero-order valence-electron chi connectivity index (χ0n) is 22.4. The maximum Gasteiger partial charge on any atom is 0.417 e. The van der Waals surface area contributed by atoms with E-state index in [2.05, 4.69) is 0 Å². The average molecular weight is 642 g/mol. The topological polar surface area (TPSA) is 66.8 Å². The maximum absolute atomic E-state index is 15.2. The summed E-state index contributed by atoms with van der Waals surface area (Å²) in [6, 6.07) is 8.57. The molecule has 0 aromatic heterocycles. The van der Waals surface area contributed by atoms with E-state index in [1.54, 1.807) is 0 Å². The van der Waals surface area contributed by atoms with Crippen molar-refractivity contribution < 1.29 is 49.0 Å². The number of aliphatic hydroxyl groups is 1. The normalized spacial score (nSPS) is 13.4. The van der Waals surface area contributed by atoms with Gasteiger partial charge in [0.1, 0.15) is 17.4 Å². The van der Waals surface area contributed by atoms with Gasteiger partial charge in [0, 0.05) is 36.5 Å². The number of nitrogens with zero attached hydrogens (tertiary/aromatic N) is 1. The Balaban J connectivity index is 1.82. The Bertz CT molecular complexity index is 1500. The molecule has 5 nitrogen and oxygen atoms in total. The van der Waals surface area contributed by atoms with Gasteiger partial charge in [-0.3, -0.25) is 4.90 Å². The highest BCUT2D eigenvalue weighted by Gasteiger charge is 2.36. The third kappa shape index (κ3) is 8.59. The Labute approximate surface area is 243 Å². The molecule has 1 atom stereocenters. The molecule has 0 aliphatic heterocycles. The zero-order valence-corrected chi connectivity index (χ0v) is 23.9. The molecule has 3 aromatic carbocycles. The minimum absolute atomic E-state index is 0.00403. The number of alkyl halides is 5. The third-order valence-electron chi connectivity index (χ3n) is 6.24. The molecule has 0 heterocycles. The Morgan fingerprint density at radius 2 is 1.67 bits per heavy atom. The van der Waals surface area contributed by atoms with Gasteiger partial charge in [0.2, 0.25) is 0 Å². The van der Waals surface area contributed by atoms with Crippen molar-refractivity contribution in [3.05, 3.63) is 93.5 Å². The van der Waals surface area contributed by atoms with Crippen LogP contribution >= 0.6 is 11.6 Å². The van der Waals surface area contributed by atoms with Gasteiger partial charge in [-0.1, -0.05) is 35.9 Å². The molecule has 0 amide bonds. The number of halogens is 8. The molecule has 0 aliphatic carbocycles. The standard InChI is InChI=1S/C28H27ClF7NO4S/c1-17(38)25-23(31)13-21(14-24(25)42(2,39)40)41-12-4-11-37(16-27(32,33)19-7-9-20(30)10-8-19)15-18-5-3-6-22(26(18)29)28(34,35)36/h3,5-10,13-14,17,38H,4,11-12,15-16H2,1-2H3. The molecule has 1 N–H and O–H groups in total. The summed E-state index contributed by atoms with van der Waals surface area (Å²) in [4.78, 5) is 0.667. The summed E-state index contributed by atoms with van der Waals surface area (Å²) in [6.07, 6.45) is -5.37. The second-order valence-corrected chi connectivity index (χ2v) is 12.0. The first-order valence-electron chi connectivity index (χ1n) is 12.5. The molecule has 0 fully saturated rings. The number of hydrogen-bond donors (Lipinski definition) is 1. The largest absolute Gasteiger partial charge is 0.493 e. The average Bonchev–Trinajstić information content (AvgIpc) is 2.86. The third-order valence-corrected chi connectivity index (χ3v) is 7.82. The molecule has 0 bridgehead atoms. The molecular formula is C28H27ClF7NO4S. The van der Waals surface area contributed by atoms with Crippen LogP contribution in [0.4, 0.5) is 30.7 Å². The molecule has 3 rings (SSSR count). The first-order valence-corrected chi connectivity index (χ1v) is 14.7. The second-order valence-electron chi connectivity index (χ2n) is 9.67. The summed E-state index contributed by atoms with van der Waals surface area (Å²) in [5.41, 5.74) is -2.13. The summed E-state index contributed by atoms with van der Waals surface area (Å²) < 4.78 is 128.